The molecule has 1 rings (SSSR count). The topological polar surface area (TPSA) is 50.4 Å². The summed E-state index contributed by atoms with van der Waals surface area (Å²) in [5.74, 6) is 0.0699. The third kappa shape index (κ3) is 6.37. The van der Waals surface area contributed by atoms with Gasteiger partial charge in [0.05, 0.1) is 6.61 Å². The van der Waals surface area contributed by atoms with Crippen molar-refractivity contribution in [1.29, 1.82) is 0 Å². The minimum atomic E-state index is 0.0699. The summed E-state index contributed by atoms with van der Waals surface area (Å²) >= 11 is 0. The molecule has 0 unspecified atom stereocenters. The van der Waals surface area contributed by atoms with E-state index in [1.165, 1.54) is 5.56 Å². The number of amides is 1. The maximum atomic E-state index is 11.5. The van der Waals surface area contributed by atoms with Gasteiger partial charge >= 0.3 is 0 Å². The number of carbonyl (C=O) groups excluding carboxylic acids is 1. The summed E-state index contributed by atoms with van der Waals surface area (Å²) in [6.45, 7) is 4.78. The number of aryl methyl sites for hydroxylation is 1. The van der Waals surface area contributed by atoms with Crippen molar-refractivity contribution >= 4 is 5.91 Å². The number of rotatable bonds is 8. The summed E-state index contributed by atoms with van der Waals surface area (Å²) in [4.78, 5) is 11.5. The molecule has 100 valence electrons. The van der Waals surface area contributed by atoms with Crippen molar-refractivity contribution in [2.45, 2.75) is 19.9 Å². The average Bonchev–Trinajstić information content (AvgIpc) is 2.38. The molecule has 0 radical (unpaired) electrons. The van der Waals surface area contributed by atoms with E-state index in [0.29, 0.717) is 26.1 Å². The van der Waals surface area contributed by atoms with Gasteiger partial charge in [-0.15, -0.1) is 0 Å². The van der Waals surface area contributed by atoms with Crippen LogP contribution in [-0.2, 0) is 16.1 Å². The number of hydrogen-bond donors (Lipinski definition) is 2. The van der Waals surface area contributed by atoms with Crippen LogP contribution < -0.4 is 10.6 Å². The second-order valence-corrected chi connectivity index (χ2v) is 4.26. The molecule has 2 N–H and O–H groups in total. The third-order valence-corrected chi connectivity index (χ3v) is 2.62. The zero-order valence-electron chi connectivity index (χ0n) is 11.2. The molecular formula is C14H22N2O2. The first-order valence-electron chi connectivity index (χ1n) is 6.24. The van der Waals surface area contributed by atoms with Crippen LogP contribution >= 0.6 is 0 Å². The number of carbonyl (C=O) groups is 1. The lowest BCUT2D eigenvalue weighted by atomic mass is 10.1. The van der Waals surface area contributed by atoms with E-state index < -0.39 is 0 Å². The fraction of sp³-hybridized carbons (Fsp3) is 0.500. The van der Waals surface area contributed by atoms with Crippen LogP contribution in [0.15, 0.2) is 24.3 Å². The number of methoxy groups -OCH3 is 1. The average molecular weight is 250 g/mol. The van der Waals surface area contributed by atoms with E-state index in [0.717, 1.165) is 12.1 Å². The molecule has 0 aliphatic heterocycles. The van der Waals surface area contributed by atoms with Gasteiger partial charge in [-0.05, 0) is 12.5 Å². The molecule has 0 spiro atoms. The highest BCUT2D eigenvalue weighted by Crippen LogP contribution is 2.02. The predicted molar refractivity (Wildman–Crippen MR) is 72.4 cm³/mol. The fourth-order valence-corrected chi connectivity index (χ4v) is 1.50. The van der Waals surface area contributed by atoms with Crippen LogP contribution in [0.3, 0.4) is 0 Å². The summed E-state index contributed by atoms with van der Waals surface area (Å²) in [7, 11) is 1.66. The molecule has 0 saturated heterocycles. The lowest BCUT2D eigenvalue weighted by Gasteiger charge is -2.06. The molecule has 0 aromatic heterocycles. The van der Waals surface area contributed by atoms with Crippen LogP contribution in [0.4, 0.5) is 0 Å². The quantitative estimate of drug-likeness (QED) is 0.682. The van der Waals surface area contributed by atoms with Crippen molar-refractivity contribution in [2.24, 2.45) is 0 Å². The fourth-order valence-electron chi connectivity index (χ4n) is 1.50. The molecule has 0 saturated carbocycles. The molecule has 1 amide bonds. The lowest BCUT2D eigenvalue weighted by molar-refractivity contribution is -0.121. The highest BCUT2D eigenvalue weighted by Gasteiger charge is 2.00. The molecule has 1 aromatic rings. The molecular weight excluding hydrogens is 228 g/mol. The van der Waals surface area contributed by atoms with Gasteiger partial charge in [0.15, 0.2) is 0 Å². The Balaban J connectivity index is 2.11. The molecule has 0 heterocycles. The second-order valence-electron chi connectivity index (χ2n) is 4.26. The summed E-state index contributed by atoms with van der Waals surface area (Å²) in [5.41, 5.74) is 2.36. The Morgan fingerprint density at radius 1 is 1.22 bits per heavy atom. The molecule has 18 heavy (non-hydrogen) atoms. The van der Waals surface area contributed by atoms with Crippen molar-refractivity contribution in [3.63, 3.8) is 0 Å². The van der Waals surface area contributed by atoms with Gasteiger partial charge in [0.2, 0.25) is 5.91 Å². The molecule has 0 fully saturated rings. The first kappa shape index (κ1) is 14.7. The van der Waals surface area contributed by atoms with Crippen molar-refractivity contribution in [2.75, 3.05) is 26.8 Å². The SMILES string of the molecule is COCCNCCC(=O)NCc1ccc(C)cc1. The Morgan fingerprint density at radius 2 is 1.94 bits per heavy atom. The van der Waals surface area contributed by atoms with Crippen LogP contribution in [0.2, 0.25) is 0 Å². The van der Waals surface area contributed by atoms with E-state index in [-0.39, 0.29) is 5.91 Å². The Bertz CT molecular complexity index is 349. The van der Waals surface area contributed by atoms with Gasteiger partial charge in [-0.2, -0.15) is 0 Å². The zero-order chi connectivity index (χ0) is 13.2. The lowest BCUT2D eigenvalue weighted by Crippen LogP contribution is -2.28. The summed E-state index contributed by atoms with van der Waals surface area (Å²) < 4.78 is 4.90. The molecule has 0 aliphatic rings. The van der Waals surface area contributed by atoms with Crippen molar-refractivity contribution in [3.8, 4) is 0 Å². The van der Waals surface area contributed by atoms with Gasteiger partial charge in [0.25, 0.3) is 0 Å². The summed E-state index contributed by atoms with van der Waals surface area (Å²) in [6, 6.07) is 8.17. The standard InChI is InChI=1S/C14H22N2O2/c1-12-3-5-13(6-4-12)11-16-14(17)7-8-15-9-10-18-2/h3-6,15H,7-11H2,1-2H3,(H,16,17). The van der Waals surface area contributed by atoms with E-state index in [9.17, 15) is 4.79 Å². The van der Waals surface area contributed by atoms with Crippen molar-refractivity contribution < 1.29 is 9.53 Å². The minimum Gasteiger partial charge on any atom is -0.383 e. The van der Waals surface area contributed by atoms with Gasteiger partial charge in [-0.25, -0.2) is 0 Å². The Labute approximate surface area is 109 Å². The third-order valence-electron chi connectivity index (χ3n) is 2.62. The van der Waals surface area contributed by atoms with E-state index in [1.54, 1.807) is 7.11 Å². The zero-order valence-corrected chi connectivity index (χ0v) is 11.2. The highest BCUT2D eigenvalue weighted by atomic mass is 16.5. The van der Waals surface area contributed by atoms with Gasteiger partial charge in [-0.1, -0.05) is 29.8 Å². The molecule has 0 atom stereocenters. The van der Waals surface area contributed by atoms with Crippen LogP contribution in [0, 0.1) is 6.92 Å². The van der Waals surface area contributed by atoms with Crippen LogP contribution in [-0.4, -0.2) is 32.7 Å². The number of ether oxygens (including phenoxy) is 1. The van der Waals surface area contributed by atoms with Gasteiger partial charge in [-0.3, -0.25) is 4.79 Å². The Kier molecular flexibility index (Phi) is 7.06. The monoisotopic (exact) mass is 250 g/mol. The summed E-state index contributed by atoms with van der Waals surface area (Å²) in [5, 5.41) is 6.04. The van der Waals surface area contributed by atoms with Gasteiger partial charge in [0, 0.05) is 33.2 Å². The molecule has 4 nitrogen and oxygen atoms in total. The Hall–Kier alpha value is -1.39. The second kappa shape index (κ2) is 8.66. The van der Waals surface area contributed by atoms with E-state index in [4.69, 9.17) is 4.74 Å². The van der Waals surface area contributed by atoms with E-state index >= 15 is 0 Å². The number of nitrogens with one attached hydrogen (secondary N) is 2. The smallest absolute Gasteiger partial charge is 0.221 e. The van der Waals surface area contributed by atoms with Crippen molar-refractivity contribution in [3.05, 3.63) is 35.4 Å². The van der Waals surface area contributed by atoms with E-state index in [1.807, 2.05) is 31.2 Å². The van der Waals surface area contributed by atoms with E-state index in [2.05, 4.69) is 10.6 Å². The maximum Gasteiger partial charge on any atom is 0.221 e. The largest absolute Gasteiger partial charge is 0.383 e. The molecule has 0 aliphatic carbocycles. The first-order valence-corrected chi connectivity index (χ1v) is 6.24. The first-order chi connectivity index (χ1) is 8.72. The Morgan fingerprint density at radius 3 is 2.61 bits per heavy atom. The van der Waals surface area contributed by atoms with Crippen molar-refractivity contribution in [1.82, 2.24) is 10.6 Å². The van der Waals surface area contributed by atoms with Crippen LogP contribution in [0.1, 0.15) is 17.5 Å². The highest BCUT2D eigenvalue weighted by molar-refractivity contribution is 5.76. The maximum absolute atomic E-state index is 11.5. The molecule has 0 bridgehead atoms. The number of hydrogen-bond acceptors (Lipinski definition) is 3. The van der Waals surface area contributed by atoms with Gasteiger partial charge < -0.3 is 15.4 Å². The normalized spacial score (nSPS) is 10.3. The number of benzene rings is 1. The van der Waals surface area contributed by atoms with Crippen LogP contribution in [0.5, 0.6) is 0 Å². The van der Waals surface area contributed by atoms with Gasteiger partial charge in [0.1, 0.15) is 0 Å². The minimum absolute atomic E-state index is 0.0699. The molecule has 4 heteroatoms. The predicted octanol–water partition coefficient (Wildman–Crippen LogP) is 1.24. The molecule has 1 aromatic carbocycles. The summed E-state index contributed by atoms with van der Waals surface area (Å²) in [6.07, 6.45) is 0.496. The van der Waals surface area contributed by atoms with Crippen LogP contribution in [0.25, 0.3) is 0 Å².